The summed E-state index contributed by atoms with van der Waals surface area (Å²) >= 11 is 0. The third-order valence-electron chi connectivity index (χ3n) is 9.40. The maximum atomic E-state index is 2.57. The largest absolute Gasteiger partial charge is 0.373 e. The van der Waals surface area contributed by atoms with Gasteiger partial charge in [-0.15, -0.1) is 6.08 Å². The Balaban J connectivity index is 1.29. The summed E-state index contributed by atoms with van der Waals surface area (Å²) < 4.78 is 2.48. The van der Waals surface area contributed by atoms with E-state index < -0.39 is 0 Å². The third-order valence-corrected chi connectivity index (χ3v) is 9.40. The number of hydrogen-bond acceptors (Lipinski definition) is 1. The quantitative estimate of drug-likeness (QED) is 0.215. The topological polar surface area (TPSA) is 6.25 Å². The van der Waals surface area contributed by atoms with Crippen molar-refractivity contribution in [2.75, 3.05) is 19.6 Å². The maximum Gasteiger partial charge on any atom is 0.115 e. The molecule has 0 spiro atoms. The summed E-state index contributed by atoms with van der Waals surface area (Å²) in [4.78, 5) is 2.57. The molecule has 0 aromatic heterocycles. The molecule has 3 aliphatic heterocycles. The number of fused-ring (bicyclic) bond motifs is 3. The highest BCUT2D eigenvalue weighted by Crippen LogP contribution is 2.21. The highest BCUT2D eigenvalue weighted by atomic mass is 15.1. The van der Waals surface area contributed by atoms with Gasteiger partial charge in [0.25, 0.3) is 0 Å². The summed E-state index contributed by atoms with van der Waals surface area (Å²) in [6.07, 6.45) is 51.1. The van der Waals surface area contributed by atoms with Crippen molar-refractivity contribution in [1.29, 1.82) is 0 Å². The van der Waals surface area contributed by atoms with Gasteiger partial charge >= 0.3 is 0 Å². The summed E-state index contributed by atoms with van der Waals surface area (Å²) in [6, 6.07) is 0. The molecular formula is C38H66N2. The monoisotopic (exact) mass is 551 g/mol. The molecule has 2 nitrogen and oxygen atoms in total. The number of allylic oxidation sites excluding steroid dienone is 3. The summed E-state index contributed by atoms with van der Waals surface area (Å²) in [7, 11) is 0. The predicted octanol–water partition coefficient (Wildman–Crippen LogP) is 11.3. The average Bonchev–Trinajstić information content (AvgIpc) is 2.97. The summed E-state index contributed by atoms with van der Waals surface area (Å²) in [5.41, 5.74) is 1.57. The highest BCUT2D eigenvalue weighted by Gasteiger charge is 2.10. The van der Waals surface area contributed by atoms with Crippen LogP contribution in [0.1, 0.15) is 167 Å². The average molecular weight is 551 g/mol. The molecule has 0 N–H and O–H groups in total. The van der Waals surface area contributed by atoms with Crippen LogP contribution in [0.25, 0.3) is 0 Å². The molecule has 40 heavy (non-hydrogen) atoms. The highest BCUT2D eigenvalue weighted by molar-refractivity contribution is 5.67. The first-order valence-corrected chi connectivity index (χ1v) is 18.1. The van der Waals surface area contributed by atoms with Crippen LogP contribution in [0.15, 0.2) is 36.1 Å². The number of hydrogen-bond donors (Lipinski definition) is 0. The Bertz CT molecular complexity index is 730. The second-order valence-electron chi connectivity index (χ2n) is 13.2. The molecule has 0 saturated carbocycles. The fourth-order valence-electron chi connectivity index (χ4n) is 6.80. The van der Waals surface area contributed by atoms with E-state index in [0.717, 1.165) is 6.54 Å². The zero-order chi connectivity index (χ0) is 27.8. The second kappa shape index (κ2) is 23.2. The third kappa shape index (κ3) is 16.7. The normalized spacial score (nSPS) is 25.6. The molecule has 2 heteroatoms. The molecule has 0 aromatic rings. The Labute approximate surface area is 250 Å². The summed E-state index contributed by atoms with van der Waals surface area (Å²) in [5.74, 6) is 0.665. The van der Waals surface area contributed by atoms with Crippen LogP contribution < -0.4 is 0 Å². The zero-order valence-electron chi connectivity index (χ0n) is 26.5. The molecule has 0 amide bonds. The van der Waals surface area contributed by atoms with Crippen molar-refractivity contribution < 1.29 is 4.58 Å². The lowest BCUT2D eigenvalue weighted by Crippen LogP contribution is -2.21. The van der Waals surface area contributed by atoms with Crippen LogP contribution >= 0.6 is 0 Å². The minimum atomic E-state index is 0.665. The molecule has 0 aliphatic carbocycles. The SMILES string of the molecule is C1=CC2[CH-][N+](=C1)CCCCCCCCCCCCCCC1=CN(CC=C1)CCCCCCCCCCCCCC2. The van der Waals surface area contributed by atoms with Gasteiger partial charge < -0.3 is 9.48 Å². The van der Waals surface area contributed by atoms with Crippen molar-refractivity contribution in [2.45, 2.75) is 167 Å². The number of nitrogens with zero attached hydrogens (tertiary/aromatic N) is 2. The Kier molecular flexibility index (Phi) is 19.1. The Morgan fingerprint density at radius 3 is 1.75 bits per heavy atom. The van der Waals surface area contributed by atoms with Crippen LogP contribution in [0.3, 0.4) is 0 Å². The van der Waals surface area contributed by atoms with Crippen molar-refractivity contribution in [3.05, 3.63) is 42.6 Å². The molecular weight excluding hydrogens is 484 g/mol. The molecule has 3 heterocycles. The van der Waals surface area contributed by atoms with E-state index >= 15 is 0 Å². The molecule has 0 saturated heterocycles. The molecule has 0 radical (unpaired) electrons. The van der Waals surface area contributed by atoms with Crippen molar-refractivity contribution >= 4 is 6.21 Å². The lowest BCUT2D eigenvalue weighted by molar-refractivity contribution is -0.489. The molecule has 1 atom stereocenters. The van der Waals surface area contributed by atoms with E-state index in [1.54, 1.807) is 5.57 Å². The second-order valence-corrected chi connectivity index (χ2v) is 13.2. The molecule has 0 aromatic carbocycles. The standard InChI is InChI=1S/C38H66N2/c1-3-7-11-15-19-23-31-39-33-26-30-38(36-39)28-22-18-14-10-6-2-4-8-12-16-20-24-32-40-34-25-29-37(35-40)27-21-17-13-9-5-1/h25-26,29-30,33,35-36,38H,1-24,27-28,31-32,34H2. The van der Waals surface area contributed by atoms with E-state index in [1.807, 2.05) is 0 Å². The lowest BCUT2D eigenvalue weighted by Gasteiger charge is -2.23. The first-order valence-electron chi connectivity index (χ1n) is 18.1. The van der Waals surface area contributed by atoms with Crippen LogP contribution in [0.4, 0.5) is 0 Å². The van der Waals surface area contributed by atoms with Gasteiger partial charge in [-0.1, -0.05) is 153 Å². The number of rotatable bonds is 0. The van der Waals surface area contributed by atoms with Crippen LogP contribution in [0, 0.1) is 12.5 Å². The molecule has 3 aliphatic rings. The molecule has 0 fully saturated rings. The van der Waals surface area contributed by atoms with Crippen LogP contribution in [0.5, 0.6) is 0 Å². The fraction of sp³-hybridized carbons (Fsp3) is 0.789. The Morgan fingerprint density at radius 1 is 0.600 bits per heavy atom. The van der Waals surface area contributed by atoms with E-state index in [1.165, 1.54) is 180 Å². The Morgan fingerprint density at radius 2 is 1.12 bits per heavy atom. The van der Waals surface area contributed by atoms with Gasteiger partial charge in [-0.25, -0.2) is 0 Å². The van der Waals surface area contributed by atoms with E-state index in [0.29, 0.717) is 5.92 Å². The molecule has 1 unspecified atom stereocenters. The van der Waals surface area contributed by atoms with Gasteiger partial charge in [-0.05, 0) is 37.2 Å². The van der Waals surface area contributed by atoms with Gasteiger partial charge in [0.05, 0.1) is 0 Å². The fourth-order valence-corrected chi connectivity index (χ4v) is 6.80. The summed E-state index contributed by atoms with van der Waals surface area (Å²) in [5, 5.41) is 0. The van der Waals surface area contributed by atoms with Crippen molar-refractivity contribution in [3.8, 4) is 0 Å². The minimum absolute atomic E-state index is 0.665. The van der Waals surface area contributed by atoms with Crippen LogP contribution in [-0.4, -0.2) is 35.3 Å². The molecule has 3 rings (SSSR count). The van der Waals surface area contributed by atoms with E-state index in [9.17, 15) is 0 Å². The van der Waals surface area contributed by atoms with Gasteiger partial charge in [0.15, 0.2) is 0 Å². The van der Waals surface area contributed by atoms with E-state index in [-0.39, 0.29) is 0 Å². The maximum absolute atomic E-state index is 2.57. The minimum Gasteiger partial charge on any atom is -0.373 e. The van der Waals surface area contributed by atoms with Crippen LogP contribution in [-0.2, 0) is 0 Å². The van der Waals surface area contributed by atoms with E-state index in [2.05, 4.69) is 52.7 Å². The van der Waals surface area contributed by atoms with Crippen LogP contribution in [0.2, 0.25) is 0 Å². The molecule has 4 bridgehead atoms. The zero-order valence-corrected chi connectivity index (χ0v) is 26.5. The van der Waals surface area contributed by atoms with E-state index in [4.69, 9.17) is 0 Å². The summed E-state index contributed by atoms with van der Waals surface area (Å²) in [6.45, 7) is 6.09. The smallest absolute Gasteiger partial charge is 0.115 e. The first-order chi connectivity index (χ1) is 19.9. The van der Waals surface area contributed by atoms with Gasteiger partial charge in [-0.3, -0.25) is 0 Å². The van der Waals surface area contributed by atoms with Crippen molar-refractivity contribution in [1.82, 2.24) is 4.90 Å². The van der Waals surface area contributed by atoms with Gasteiger partial charge in [0.2, 0.25) is 0 Å². The van der Waals surface area contributed by atoms with Crippen molar-refractivity contribution in [3.63, 3.8) is 0 Å². The Hall–Kier alpha value is -1.44. The van der Waals surface area contributed by atoms with Gasteiger partial charge in [0, 0.05) is 38.5 Å². The van der Waals surface area contributed by atoms with Gasteiger partial charge in [0.1, 0.15) is 6.54 Å². The lowest BCUT2D eigenvalue weighted by atomic mass is 9.97. The first kappa shape index (κ1) is 33.1. The predicted molar refractivity (Wildman–Crippen MR) is 177 cm³/mol. The van der Waals surface area contributed by atoms with Crippen molar-refractivity contribution in [2.24, 2.45) is 5.92 Å². The van der Waals surface area contributed by atoms with Gasteiger partial charge in [-0.2, -0.15) is 0 Å². The molecule has 228 valence electrons.